The van der Waals surface area contributed by atoms with Gasteiger partial charge in [-0.15, -0.1) is 0 Å². The molecule has 0 aromatic heterocycles. The molecule has 12 aromatic carbocycles. The molecule has 0 bridgehead atoms. The van der Waals surface area contributed by atoms with Crippen molar-refractivity contribution >= 4 is 101 Å². The molecule has 0 aliphatic rings. The third-order valence-corrected chi connectivity index (χ3v) is 13.4. The number of aryl methyl sites for hydroxylation is 1. The van der Waals surface area contributed by atoms with E-state index in [1.54, 1.807) is 0 Å². The zero-order chi connectivity index (χ0) is 47.5. The van der Waals surface area contributed by atoms with Crippen LogP contribution in [0.15, 0.2) is 285 Å². The molecule has 0 saturated carbocycles. The highest BCUT2D eigenvalue weighted by molar-refractivity contribution is 5.94. The smallest absolute Gasteiger partial charge is 0.0470 e. The van der Waals surface area contributed by atoms with Crippen LogP contribution in [0.25, 0.3) is 32.3 Å². The van der Waals surface area contributed by atoms with E-state index in [4.69, 9.17) is 0 Å². The van der Waals surface area contributed by atoms with Crippen LogP contribution >= 0.6 is 0 Å². The topological polar surface area (TPSA) is 13.0 Å². The number of hydrogen-bond donors (Lipinski definition) is 0. The molecular weight excluding hydrogens is 861 g/mol. The van der Waals surface area contributed by atoms with E-state index in [2.05, 4.69) is 312 Å². The number of rotatable bonds is 12. The Labute approximate surface area is 415 Å². The van der Waals surface area contributed by atoms with Gasteiger partial charge in [0.05, 0.1) is 0 Å². The Morgan fingerprint density at radius 1 is 0.183 bits per heavy atom. The molecule has 0 atom stereocenters. The fraction of sp³-hybridized carbons (Fsp3) is 0.0149. The van der Waals surface area contributed by atoms with E-state index < -0.39 is 0 Å². The maximum absolute atomic E-state index is 2.36. The standard InChI is InChI=1S/C67H50N4/c1-49-45-66(48-54-21-15-16-28-67(49)54)71(57-26-9-4-10-27-57)63-43-37-60(38-44-63)68(58-33-39-61(40-34-58)69(55-22-5-2-6-23-55)64-31-29-50-17-11-13-19-52(50)46-64)59-35-41-62(42-36-59)70(56-24-7-3-8-25-56)65-32-30-51-18-12-14-20-53(51)47-65/h2-48H,1H3. The summed E-state index contributed by atoms with van der Waals surface area (Å²) < 4.78 is 0. The Bertz CT molecular complexity index is 3600. The SMILES string of the molecule is Cc1cc(N(c2ccccc2)c2ccc(N(c3ccc(N(c4ccccc4)c4ccc5ccccc5c4)cc3)c3ccc(N(c4ccccc4)c4ccc5ccccc5c4)cc3)cc2)cc2ccccc12. The molecule has 0 radical (unpaired) electrons. The van der Waals surface area contributed by atoms with E-state index in [1.165, 1.54) is 37.9 Å². The second-order valence-corrected chi connectivity index (χ2v) is 17.9. The Hall–Kier alpha value is -9.38. The van der Waals surface area contributed by atoms with Gasteiger partial charge in [0.25, 0.3) is 0 Å². The molecule has 0 spiro atoms. The summed E-state index contributed by atoms with van der Waals surface area (Å²) in [6, 6.07) is 103. The van der Waals surface area contributed by atoms with E-state index in [0.717, 1.165) is 68.2 Å². The number of nitrogens with zero attached hydrogens (tertiary/aromatic N) is 4. The first kappa shape index (κ1) is 42.9. The summed E-state index contributed by atoms with van der Waals surface area (Å²) in [7, 11) is 0. The summed E-state index contributed by atoms with van der Waals surface area (Å²) in [5.41, 5.74) is 14.2. The normalized spacial score (nSPS) is 11.2. The third kappa shape index (κ3) is 8.60. The number of hydrogen-bond acceptors (Lipinski definition) is 4. The molecule has 4 heteroatoms. The summed E-state index contributed by atoms with van der Waals surface area (Å²) in [6.07, 6.45) is 0. The number of benzene rings is 12. The molecule has 0 saturated heterocycles. The molecule has 0 aliphatic heterocycles. The van der Waals surface area contributed by atoms with E-state index in [-0.39, 0.29) is 0 Å². The van der Waals surface area contributed by atoms with Crippen LogP contribution in [0.2, 0.25) is 0 Å². The van der Waals surface area contributed by atoms with Gasteiger partial charge in [0.1, 0.15) is 0 Å². The average Bonchev–Trinajstić information content (AvgIpc) is 3.43. The quantitative estimate of drug-likeness (QED) is 0.121. The van der Waals surface area contributed by atoms with Crippen LogP contribution in [0.1, 0.15) is 5.56 Å². The minimum Gasteiger partial charge on any atom is -0.310 e. The highest BCUT2D eigenvalue weighted by atomic mass is 15.2. The molecule has 0 N–H and O–H groups in total. The highest BCUT2D eigenvalue weighted by Gasteiger charge is 2.20. The Morgan fingerprint density at radius 3 is 0.817 bits per heavy atom. The molecule has 12 rings (SSSR count). The molecule has 0 amide bonds. The molecule has 0 aliphatic carbocycles. The van der Waals surface area contributed by atoms with Crippen molar-refractivity contribution in [2.24, 2.45) is 0 Å². The van der Waals surface area contributed by atoms with Gasteiger partial charge >= 0.3 is 0 Å². The van der Waals surface area contributed by atoms with Crippen molar-refractivity contribution in [1.29, 1.82) is 0 Å². The summed E-state index contributed by atoms with van der Waals surface area (Å²) in [4.78, 5) is 9.38. The van der Waals surface area contributed by atoms with Crippen LogP contribution in [0, 0.1) is 6.92 Å². The number of anilines is 12. The lowest BCUT2D eigenvalue weighted by Crippen LogP contribution is -2.14. The van der Waals surface area contributed by atoms with Crippen LogP contribution in [-0.4, -0.2) is 0 Å². The molecule has 338 valence electrons. The molecule has 0 fully saturated rings. The van der Waals surface area contributed by atoms with Crippen molar-refractivity contribution in [2.75, 3.05) is 19.6 Å². The predicted molar refractivity (Wildman–Crippen MR) is 302 cm³/mol. The maximum atomic E-state index is 2.36. The van der Waals surface area contributed by atoms with Crippen molar-refractivity contribution < 1.29 is 0 Å². The van der Waals surface area contributed by atoms with Gasteiger partial charge in [0, 0.05) is 68.2 Å². The van der Waals surface area contributed by atoms with Gasteiger partial charge in [0.2, 0.25) is 0 Å². The van der Waals surface area contributed by atoms with Crippen molar-refractivity contribution in [3.05, 3.63) is 291 Å². The van der Waals surface area contributed by atoms with E-state index in [0.29, 0.717) is 0 Å². The molecule has 12 aromatic rings. The maximum Gasteiger partial charge on any atom is 0.0470 e. The second-order valence-electron chi connectivity index (χ2n) is 17.9. The summed E-state index contributed by atoms with van der Waals surface area (Å²) in [6.45, 7) is 2.20. The molecule has 4 nitrogen and oxygen atoms in total. The van der Waals surface area contributed by atoms with Crippen molar-refractivity contribution in [2.45, 2.75) is 6.92 Å². The molecule has 0 heterocycles. The first-order valence-electron chi connectivity index (χ1n) is 24.2. The number of para-hydroxylation sites is 3. The zero-order valence-corrected chi connectivity index (χ0v) is 39.4. The number of fused-ring (bicyclic) bond motifs is 3. The molecule has 0 unspecified atom stereocenters. The first-order valence-corrected chi connectivity index (χ1v) is 24.2. The van der Waals surface area contributed by atoms with E-state index in [1.807, 2.05) is 0 Å². The van der Waals surface area contributed by atoms with E-state index in [9.17, 15) is 0 Å². The van der Waals surface area contributed by atoms with Gasteiger partial charge in [-0.2, -0.15) is 0 Å². The van der Waals surface area contributed by atoms with Gasteiger partial charge in [-0.05, 0) is 190 Å². The van der Waals surface area contributed by atoms with Crippen molar-refractivity contribution in [3.63, 3.8) is 0 Å². The van der Waals surface area contributed by atoms with Crippen LogP contribution in [-0.2, 0) is 0 Å². The fourth-order valence-electron chi connectivity index (χ4n) is 10.0. The molecular formula is C67H50N4. The zero-order valence-electron chi connectivity index (χ0n) is 39.4. The van der Waals surface area contributed by atoms with Crippen LogP contribution < -0.4 is 19.6 Å². The van der Waals surface area contributed by atoms with Crippen LogP contribution in [0.3, 0.4) is 0 Å². The lowest BCUT2D eigenvalue weighted by atomic mass is 10.0. The Balaban J connectivity index is 0.966. The van der Waals surface area contributed by atoms with Gasteiger partial charge in [-0.3, -0.25) is 0 Å². The largest absolute Gasteiger partial charge is 0.310 e. The minimum absolute atomic E-state index is 1.04. The lowest BCUT2D eigenvalue weighted by molar-refractivity contribution is 1.24. The summed E-state index contributed by atoms with van der Waals surface area (Å²) >= 11 is 0. The second kappa shape index (κ2) is 19.0. The first-order chi connectivity index (χ1) is 35.1. The summed E-state index contributed by atoms with van der Waals surface area (Å²) in [5, 5.41) is 7.32. The summed E-state index contributed by atoms with van der Waals surface area (Å²) in [5.74, 6) is 0. The highest BCUT2D eigenvalue weighted by Crippen LogP contribution is 2.44. The van der Waals surface area contributed by atoms with Gasteiger partial charge in [0.15, 0.2) is 0 Å². The van der Waals surface area contributed by atoms with Crippen molar-refractivity contribution in [1.82, 2.24) is 0 Å². The Kier molecular flexibility index (Phi) is 11.5. The van der Waals surface area contributed by atoms with Gasteiger partial charge in [-0.1, -0.05) is 140 Å². The molecule has 71 heavy (non-hydrogen) atoms. The fourth-order valence-corrected chi connectivity index (χ4v) is 10.0. The Morgan fingerprint density at radius 2 is 0.437 bits per heavy atom. The van der Waals surface area contributed by atoms with Gasteiger partial charge < -0.3 is 19.6 Å². The van der Waals surface area contributed by atoms with Gasteiger partial charge in [-0.25, -0.2) is 0 Å². The third-order valence-electron chi connectivity index (χ3n) is 13.4. The minimum atomic E-state index is 1.04. The monoisotopic (exact) mass is 910 g/mol. The van der Waals surface area contributed by atoms with E-state index >= 15 is 0 Å². The van der Waals surface area contributed by atoms with Crippen LogP contribution in [0.5, 0.6) is 0 Å². The van der Waals surface area contributed by atoms with Crippen molar-refractivity contribution in [3.8, 4) is 0 Å². The predicted octanol–water partition coefficient (Wildman–Crippen LogP) is 19.3. The average molecular weight is 911 g/mol. The van der Waals surface area contributed by atoms with Crippen LogP contribution in [0.4, 0.5) is 68.2 Å². The lowest BCUT2D eigenvalue weighted by Gasteiger charge is -2.30.